The number of ether oxygens (including phenoxy) is 5. The van der Waals surface area contributed by atoms with Crippen LogP contribution in [0.25, 0.3) is 0 Å². The van der Waals surface area contributed by atoms with Crippen LogP contribution in [0.2, 0.25) is 0 Å². The van der Waals surface area contributed by atoms with Crippen LogP contribution < -0.4 is 0 Å². The summed E-state index contributed by atoms with van der Waals surface area (Å²) < 4.78 is 26.6. The summed E-state index contributed by atoms with van der Waals surface area (Å²) in [6.07, 6.45) is 2.27. The van der Waals surface area contributed by atoms with E-state index in [9.17, 15) is 0 Å². The van der Waals surface area contributed by atoms with Crippen LogP contribution in [0.5, 0.6) is 0 Å². The molecule has 0 aromatic rings. The minimum atomic E-state index is 0.521. The molecular formula is C14H29ClO5. The molecule has 0 aromatic heterocycles. The van der Waals surface area contributed by atoms with Crippen LogP contribution in [0.1, 0.15) is 19.8 Å². The highest BCUT2D eigenvalue weighted by Crippen LogP contribution is 1.88. The van der Waals surface area contributed by atoms with E-state index in [0.717, 1.165) is 19.4 Å². The summed E-state index contributed by atoms with van der Waals surface area (Å²) in [4.78, 5) is 0. The summed E-state index contributed by atoms with van der Waals surface area (Å²) in [5, 5.41) is 0. The van der Waals surface area contributed by atoms with Gasteiger partial charge in [-0.05, 0) is 6.42 Å². The second-order valence-corrected chi connectivity index (χ2v) is 4.48. The zero-order valence-electron chi connectivity index (χ0n) is 12.6. The van der Waals surface area contributed by atoms with Crippen molar-refractivity contribution >= 4 is 11.6 Å². The lowest BCUT2D eigenvalue weighted by Gasteiger charge is -2.07. The maximum absolute atomic E-state index is 5.46. The molecule has 0 N–H and O–H groups in total. The summed E-state index contributed by atoms with van der Waals surface area (Å²) in [6.45, 7) is 8.30. The lowest BCUT2D eigenvalue weighted by Crippen LogP contribution is -2.13. The van der Waals surface area contributed by atoms with E-state index in [1.165, 1.54) is 0 Å². The molecule has 0 heterocycles. The Hall–Kier alpha value is 0.0900. The Morgan fingerprint density at radius 1 is 0.550 bits per heavy atom. The topological polar surface area (TPSA) is 46.2 Å². The minimum absolute atomic E-state index is 0.521. The van der Waals surface area contributed by atoms with Gasteiger partial charge in [-0.25, -0.2) is 0 Å². The number of unbranched alkanes of at least 4 members (excludes halogenated alkanes) is 1. The molecule has 0 radical (unpaired) electrons. The Morgan fingerprint density at radius 3 is 1.25 bits per heavy atom. The molecule has 122 valence electrons. The van der Waals surface area contributed by atoms with Crippen molar-refractivity contribution < 1.29 is 23.7 Å². The molecule has 0 fully saturated rings. The van der Waals surface area contributed by atoms with Crippen molar-refractivity contribution in [2.45, 2.75) is 19.8 Å². The molecule has 0 saturated carbocycles. The highest BCUT2D eigenvalue weighted by Gasteiger charge is 1.93. The maximum Gasteiger partial charge on any atom is 0.0701 e. The highest BCUT2D eigenvalue weighted by molar-refractivity contribution is 6.17. The van der Waals surface area contributed by atoms with E-state index in [0.29, 0.717) is 65.3 Å². The fourth-order valence-electron chi connectivity index (χ4n) is 1.28. The molecule has 0 unspecified atom stereocenters. The first-order valence-corrected chi connectivity index (χ1v) is 7.90. The van der Waals surface area contributed by atoms with Crippen molar-refractivity contribution in [3.05, 3.63) is 0 Å². The molecule has 0 bridgehead atoms. The minimum Gasteiger partial charge on any atom is -0.379 e. The van der Waals surface area contributed by atoms with Gasteiger partial charge in [0, 0.05) is 12.5 Å². The third-order valence-corrected chi connectivity index (χ3v) is 2.51. The standard InChI is InChI=1S/C14H29ClO5/c1-2-3-5-16-7-9-18-11-13-20-14-12-19-10-8-17-6-4-15/h2-14H2,1H3. The van der Waals surface area contributed by atoms with Gasteiger partial charge in [-0.1, -0.05) is 13.3 Å². The third-order valence-electron chi connectivity index (χ3n) is 2.35. The van der Waals surface area contributed by atoms with Crippen LogP contribution >= 0.6 is 11.6 Å². The van der Waals surface area contributed by atoms with E-state index in [1.807, 2.05) is 0 Å². The van der Waals surface area contributed by atoms with Crippen LogP contribution in [0.15, 0.2) is 0 Å². The van der Waals surface area contributed by atoms with Gasteiger partial charge in [0.25, 0.3) is 0 Å². The fourth-order valence-corrected chi connectivity index (χ4v) is 1.39. The van der Waals surface area contributed by atoms with Gasteiger partial charge in [0.05, 0.1) is 59.5 Å². The van der Waals surface area contributed by atoms with Crippen molar-refractivity contribution in [1.82, 2.24) is 0 Å². The average Bonchev–Trinajstić information content (AvgIpc) is 2.47. The van der Waals surface area contributed by atoms with Crippen LogP contribution in [-0.4, -0.2) is 71.9 Å². The molecule has 0 spiro atoms. The molecule has 0 saturated heterocycles. The quantitative estimate of drug-likeness (QED) is 0.304. The summed E-state index contributed by atoms with van der Waals surface area (Å²) in [7, 11) is 0. The first-order chi connectivity index (χ1) is 9.91. The van der Waals surface area contributed by atoms with Gasteiger partial charge in [0.1, 0.15) is 0 Å². The summed E-state index contributed by atoms with van der Waals surface area (Å²) in [5.41, 5.74) is 0. The largest absolute Gasteiger partial charge is 0.379 e. The molecule has 0 rings (SSSR count). The molecule has 0 aliphatic carbocycles. The van der Waals surface area contributed by atoms with E-state index >= 15 is 0 Å². The Labute approximate surface area is 127 Å². The summed E-state index contributed by atoms with van der Waals surface area (Å²) >= 11 is 5.46. The van der Waals surface area contributed by atoms with Gasteiger partial charge in [-0.15, -0.1) is 11.6 Å². The smallest absolute Gasteiger partial charge is 0.0701 e. The average molecular weight is 313 g/mol. The van der Waals surface area contributed by atoms with Crippen LogP contribution in [0.3, 0.4) is 0 Å². The van der Waals surface area contributed by atoms with E-state index in [1.54, 1.807) is 0 Å². The van der Waals surface area contributed by atoms with Crippen molar-refractivity contribution in [3.63, 3.8) is 0 Å². The van der Waals surface area contributed by atoms with Gasteiger partial charge in [-0.3, -0.25) is 0 Å². The van der Waals surface area contributed by atoms with Gasteiger partial charge >= 0.3 is 0 Å². The van der Waals surface area contributed by atoms with E-state index in [-0.39, 0.29) is 0 Å². The second kappa shape index (κ2) is 19.1. The summed E-state index contributed by atoms with van der Waals surface area (Å²) in [5.74, 6) is 0.521. The molecule has 0 amide bonds. The monoisotopic (exact) mass is 312 g/mol. The molecular weight excluding hydrogens is 284 g/mol. The zero-order valence-corrected chi connectivity index (χ0v) is 13.4. The fraction of sp³-hybridized carbons (Fsp3) is 1.00. The summed E-state index contributed by atoms with van der Waals surface area (Å²) in [6, 6.07) is 0. The van der Waals surface area contributed by atoms with Gasteiger partial charge in [0.15, 0.2) is 0 Å². The number of hydrogen-bond donors (Lipinski definition) is 0. The highest BCUT2D eigenvalue weighted by atomic mass is 35.5. The van der Waals surface area contributed by atoms with E-state index in [2.05, 4.69) is 6.92 Å². The Morgan fingerprint density at radius 2 is 0.900 bits per heavy atom. The van der Waals surface area contributed by atoms with Gasteiger partial charge < -0.3 is 23.7 Å². The van der Waals surface area contributed by atoms with Crippen LogP contribution in [0, 0.1) is 0 Å². The van der Waals surface area contributed by atoms with Gasteiger partial charge in [0.2, 0.25) is 0 Å². The molecule has 20 heavy (non-hydrogen) atoms. The van der Waals surface area contributed by atoms with Gasteiger partial charge in [-0.2, -0.15) is 0 Å². The first-order valence-electron chi connectivity index (χ1n) is 7.36. The number of halogens is 1. The molecule has 0 aliphatic rings. The van der Waals surface area contributed by atoms with Crippen molar-refractivity contribution in [2.24, 2.45) is 0 Å². The number of hydrogen-bond acceptors (Lipinski definition) is 5. The predicted molar refractivity (Wildman–Crippen MR) is 79.7 cm³/mol. The number of rotatable bonds is 17. The molecule has 0 aliphatic heterocycles. The Balaban J connectivity index is 2.89. The number of alkyl halides is 1. The van der Waals surface area contributed by atoms with E-state index < -0.39 is 0 Å². The van der Waals surface area contributed by atoms with E-state index in [4.69, 9.17) is 35.3 Å². The third kappa shape index (κ3) is 18.1. The molecule has 6 heteroatoms. The predicted octanol–water partition coefficient (Wildman–Crippen LogP) is 2.11. The lowest BCUT2D eigenvalue weighted by atomic mass is 10.4. The SMILES string of the molecule is CCCCOCCOCCOCCOCCOCCCl. The van der Waals surface area contributed by atoms with Crippen molar-refractivity contribution in [3.8, 4) is 0 Å². The van der Waals surface area contributed by atoms with Crippen molar-refractivity contribution in [2.75, 3.05) is 71.9 Å². The normalized spacial score (nSPS) is 11.1. The Kier molecular flexibility index (Phi) is 19.2. The lowest BCUT2D eigenvalue weighted by molar-refractivity contribution is -0.0102. The van der Waals surface area contributed by atoms with Crippen LogP contribution in [-0.2, 0) is 23.7 Å². The van der Waals surface area contributed by atoms with Crippen molar-refractivity contribution in [1.29, 1.82) is 0 Å². The molecule has 5 nitrogen and oxygen atoms in total. The molecule has 0 aromatic carbocycles. The zero-order chi connectivity index (χ0) is 14.7. The van der Waals surface area contributed by atoms with Crippen LogP contribution in [0.4, 0.5) is 0 Å². The Bertz CT molecular complexity index is 154. The first kappa shape index (κ1) is 20.1. The molecule has 0 atom stereocenters. The second-order valence-electron chi connectivity index (χ2n) is 4.10. The maximum atomic E-state index is 5.46.